The number of hydrogen-bond donors (Lipinski definition) is 1. The highest BCUT2D eigenvalue weighted by atomic mass is 32.1. The van der Waals surface area contributed by atoms with Gasteiger partial charge in [-0.2, -0.15) is 0 Å². The van der Waals surface area contributed by atoms with Crippen molar-refractivity contribution in [3.63, 3.8) is 0 Å². The molecule has 0 amide bonds. The minimum Gasteiger partial charge on any atom is -0.310 e. The third kappa shape index (κ3) is 3.87. The first-order chi connectivity index (χ1) is 7.84. The molecule has 16 heavy (non-hydrogen) atoms. The van der Waals surface area contributed by atoms with Gasteiger partial charge < -0.3 is 5.32 Å². The van der Waals surface area contributed by atoms with E-state index in [1.165, 1.54) is 50.1 Å². The second kappa shape index (κ2) is 6.36. The number of nitrogens with one attached hydrogen (secondary N) is 1. The largest absolute Gasteiger partial charge is 0.310 e. The van der Waals surface area contributed by atoms with E-state index in [-0.39, 0.29) is 0 Å². The zero-order chi connectivity index (χ0) is 11.2. The molecule has 1 aromatic heterocycles. The van der Waals surface area contributed by atoms with E-state index < -0.39 is 0 Å². The Hall–Kier alpha value is -0.410. The number of rotatable bonds is 4. The van der Waals surface area contributed by atoms with E-state index in [4.69, 9.17) is 0 Å². The molecule has 0 saturated heterocycles. The van der Waals surface area contributed by atoms with Crippen molar-refractivity contribution >= 4 is 11.3 Å². The van der Waals surface area contributed by atoms with Gasteiger partial charge in [0.2, 0.25) is 0 Å². The molecular formula is C13H22N2S. The highest BCUT2D eigenvalue weighted by Crippen LogP contribution is 2.22. The van der Waals surface area contributed by atoms with E-state index in [2.05, 4.69) is 22.6 Å². The highest BCUT2D eigenvalue weighted by molar-refractivity contribution is 7.09. The lowest BCUT2D eigenvalue weighted by Crippen LogP contribution is -2.22. The molecule has 0 spiro atoms. The lowest BCUT2D eigenvalue weighted by atomic mass is 10.0. The summed E-state index contributed by atoms with van der Waals surface area (Å²) in [6.07, 6.45) is 8.60. The van der Waals surface area contributed by atoms with Gasteiger partial charge in [-0.3, -0.25) is 0 Å². The van der Waals surface area contributed by atoms with E-state index in [0.717, 1.165) is 18.2 Å². The summed E-state index contributed by atoms with van der Waals surface area (Å²) in [6, 6.07) is 0. The van der Waals surface area contributed by atoms with Gasteiger partial charge in [0.15, 0.2) is 0 Å². The van der Waals surface area contributed by atoms with Crippen molar-refractivity contribution in [3.05, 3.63) is 16.1 Å². The maximum absolute atomic E-state index is 4.47. The van der Waals surface area contributed by atoms with Crippen molar-refractivity contribution in [1.29, 1.82) is 0 Å². The molecule has 1 aliphatic carbocycles. The molecule has 0 atom stereocenters. The van der Waals surface area contributed by atoms with Crippen molar-refractivity contribution < 1.29 is 0 Å². The smallest absolute Gasteiger partial charge is 0.107 e. The van der Waals surface area contributed by atoms with Gasteiger partial charge in [0, 0.05) is 17.6 Å². The van der Waals surface area contributed by atoms with Crippen molar-refractivity contribution in [1.82, 2.24) is 10.3 Å². The topological polar surface area (TPSA) is 24.9 Å². The highest BCUT2D eigenvalue weighted by Gasteiger charge is 2.11. The number of nitrogens with zero attached hydrogens (tertiary/aromatic N) is 1. The fourth-order valence-electron chi connectivity index (χ4n) is 2.44. The Morgan fingerprint density at radius 2 is 2.06 bits per heavy atom. The Balaban J connectivity index is 1.67. The molecule has 1 N–H and O–H groups in total. The first kappa shape index (κ1) is 12.1. The quantitative estimate of drug-likeness (QED) is 0.812. The second-order valence-corrected chi connectivity index (χ2v) is 5.81. The fraction of sp³-hybridized carbons (Fsp3) is 0.769. The van der Waals surface area contributed by atoms with E-state index >= 15 is 0 Å². The molecule has 2 rings (SSSR count). The van der Waals surface area contributed by atoms with Crippen LogP contribution in [-0.2, 0) is 6.54 Å². The average molecular weight is 238 g/mol. The summed E-state index contributed by atoms with van der Waals surface area (Å²) in [6.45, 7) is 4.19. The predicted octanol–water partition coefficient (Wildman–Crippen LogP) is 3.51. The van der Waals surface area contributed by atoms with Crippen LogP contribution < -0.4 is 5.32 Å². The van der Waals surface area contributed by atoms with Gasteiger partial charge >= 0.3 is 0 Å². The van der Waals surface area contributed by atoms with Crippen LogP contribution in [0.3, 0.4) is 0 Å². The van der Waals surface area contributed by atoms with Crippen LogP contribution in [0.15, 0.2) is 5.38 Å². The zero-order valence-corrected chi connectivity index (χ0v) is 11.0. The Labute approximate surface area is 102 Å². The van der Waals surface area contributed by atoms with Crippen LogP contribution in [0.1, 0.15) is 49.2 Å². The molecule has 3 heteroatoms. The minimum absolute atomic E-state index is 0.906. The lowest BCUT2D eigenvalue weighted by molar-refractivity contribution is 0.425. The third-order valence-corrected chi connectivity index (χ3v) is 4.32. The van der Waals surface area contributed by atoms with Gasteiger partial charge in [0.1, 0.15) is 5.01 Å². The van der Waals surface area contributed by atoms with Crippen molar-refractivity contribution in [3.8, 4) is 0 Å². The number of aryl methyl sites for hydroxylation is 1. The lowest BCUT2D eigenvalue weighted by Gasteiger charge is -2.13. The number of aromatic nitrogens is 1. The number of thiazole rings is 1. The predicted molar refractivity (Wildman–Crippen MR) is 69.7 cm³/mol. The Bertz CT molecular complexity index is 301. The standard InChI is InChI=1S/C13H22N2S/c1-11-10-16-13(15-11)9-14-8-12-6-4-2-3-5-7-12/h10,12,14H,2-9H2,1H3. The SMILES string of the molecule is Cc1csc(CNCC2CCCCCC2)n1. The molecule has 0 unspecified atom stereocenters. The Morgan fingerprint density at radius 3 is 2.69 bits per heavy atom. The molecule has 0 aliphatic heterocycles. The van der Waals surface area contributed by atoms with Gasteiger partial charge in [0.25, 0.3) is 0 Å². The molecule has 1 aliphatic rings. The van der Waals surface area contributed by atoms with Gasteiger partial charge in [-0.05, 0) is 32.2 Å². The molecule has 90 valence electrons. The molecule has 1 saturated carbocycles. The summed E-state index contributed by atoms with van der Waals surface area (Å²) in [7, 11) is 0. The first-order valence-electron chi connectivity index (χ1n) is 6.46. The third-order valence-electron chi connectivity index (χ3n) is 3.35. The fourth-order valence-corrected chi connectivity index (χ4v) is 3.18. The molecule has 1 aromatic rings. The summed E-state index contributed by atoms with van der Waals surface area (Å²) in [5.41, 5.74) is 1.15. The molecule has 1 fully saturated rings. The summed E-state index contributed by atoms with van der Waals surface area (Å²) in [4.78, 5) is 4.47. The van der Waals surface area contributed by atoms with Crippen molar-refractivity contribution in [2.24, 2.45) is 5.92 Å². The van der Waals surface area contributed by atoms with E-state index in [0.29, 0.717) is 0 Å². The summed E-state index contributed by atoms with van der Waals surface area (Å²) >= 11 is 1.77. The molecule has 0 aromatic carbocycles. The van der Waals surface area contributed by atoms with Crippen LogP contribution in [0.4, 0.5) is 0 Å². The molecule has 0 bridgehead atoms. The zero-order valence-electron chi connectivity index (χ0n) is 10.2. The first-order valence-corrected chi connectivity index (χ1v) is 7.34. The van der Waals surface area contributed by atoms with Crippen LogP contribution in [0.25, 0.3) is 0 Å². The van der Waals surface area contributed by atoms with Gasteiger partial charge in [0.05, 0.1) is 0 Å². The minimum atomic E-state index is 0.906. The summed E-state index contributed by atoms with van der Waals surface area (Å²) in [5, 5.41) is 6.92. The van der Waals surface area contributed by atoms with E-state index in [1.54, 1.807) is 11.3 Å². The van der Waals surface area contributed by atoms with Crippen molar-refractivity contribution in [2.45, 2.75) is 52.0 Å². The van der Waals surface area contributed by atoms with E-state index in [1.807, 2.05) is 0 Å². The molecule has 0 radical (unpaired) electrons. The molecule has 1 heterocycles. The maximum atomic E-state index is 4.47. The van der Waals surface area contributed by atoms with Crippen LogP contribution in [0.5, 0.6) is 0 Å². The molecule has 2 nitrogen and oxygen atoms in total. The van der Waals surface area contributed by atoms with Crippen molar-refractivity contribution in [2.75, 3.05) is 6.54 Å². The van der Waals surface area contributed by atoms with Gasteiger partial charge in [-0.1, -0.05) is 25.7 Å². The van der Waals surface area contributed by atoms with Crippen LogP contribution in [0, 0.1) is 12.8 Å². The van der Waals surface area contributed by atoms with Crippen LogP contribution in [0.2, 0.25) is 0 Å². The monoisotopic (exact) mass is 238 g/mol. The van der Waals surface area contributed by atoms with Gasteiger partial charge in [-0.15, -0.1) is 11.3 Å². The summed E-state index contributed by atoms with van der Waals surface area (Å²) in [5.74, 6) is 0.906. The second-order valence-electron chi connectivity index (χ2n) is 4.87. The summed E-state index contributed by atoms with van der Waals surface area (Å²) < 4.78 is 0. The normalized spacial score (nSPS) is 18.6. The maximum Gasteiger partial charge on any atom is 0.107 e. The van der Waals surface area contributed by atoms with Gasteiger partial charge in [-0.25, -0.2) is 4.98 Å². The average Bonchev–Trinajstić information content (AvgIpc) is 2.54. The molecular weight excluding hydrogens is 216 g/mol. The van der Waals surface area contributed by atoms with Crippen LogP contribution >= 0.6 is 11.3 Å². The number of hydrogen-bond acceptors (Lipinski definition) is 3. The van der Waals surface area contributed by atoms with Crippen LogP contribution in [-0.4, -0.2) is 11.5 Å². The van der Waals surface area contributed by atoms with E-state index in [9.17, 15) is 0 Å². The Morgan fingerprint density at radius 1 is 1.31 bits per heavy atom. The Kier molecular flexibility index (Phi) is 4.79.